The molecule has 4 nitrogen and oxygen atoms in total. The fraction of sp³-hybridized carbons (Fsp3) is 1.00. The summed E-state index contributed by atoms with van der Waals surface area (Å²) >= 11 is 0. The maximum absolute atomic E-state index is 3.75. The van der Waals surface area contributed by atoms with Crippen molar-refractivity contribution < 1.29 is 0 Å². The van der Waals surface area contributed by atoms with E-state index in [1.807, 2.05) is 7.05 Å². The van der Waals surface area contributed by atoms with Crippen LogP contribution in [-0.4, -0.2) is 52.4 Å². The minimum atomic E-state index is 0.749. The molecule has 1 fully saturated rings. The van der Waals surface area contributed by atoms with Crippen LogP contribution in [-0.2, 0) is 0 Å². The lowest BCUT2D eigenvalue weighted by Gasteiger charge is -2.21. The summed E-state index contributed by atoms with van der Waals surface area (Å²) in [6, 6.07) is 0.749. The van der Waals surface area contributed by atoms with E-state index in [-0.39, 0.29) is 0 Å². The number of rotatable bonds is 12. The van der Waals surface area contributed by atoms with E-state index < -0.39 is 0 Å². The Balaban J connectivity index is 2.01. The molecule has 2 unspecified atom stereocenters. The molecule has 1 aliphatic rings. The van der Waals surface area contributed by atoms with Gasteiger partial charge < -0.3 is 21.3 Å². The van der Waals surface area contributed by atoms with Crippen LogP contribution < -0.4 is 21.3 Å². The molecule has 2 atom stereocenters. The van der Waals surface area contributed by atoms with E-state index in [2.05, 4.69) is 28.2 Å². The van der Waals surface area contributed by atoms with Gasteiger partial charge in [0.15, 0.2) is 0 Å². The zero-order valence-electron chi connectivity index (χ0n) is 12.9. The molecule has 0 amide bonds. The standard InChI is InChI=1S/C15H34N4/c1-3-17-10-6-12-19-15-8-4-7-14(15)13-18-11-5-9-16-2/h14-19H,3-13H2,1-2H3. The zero-order valence-corrected chi connectivity index (χ0v) is 12.9. The van der Waals surface area contributed by atoms with Gasteiger partial charge in [-0.15, -0.1) is 0 Å². The van der Waals surface area contributed by atoms with Crippen LogP contribution in [0, 0.1) is 5.92 Å². The van der Waals surface area contributed by atoms with Crippen LogP contribution in [0.5, 0.6) is 0 Å². The highest BCUT2D eigenvalue weighted by atomic mass is 15.0. The van der Waals surface area contributed by atoms with Crippen LogP contribution in [0.25, 0.3) is 0 Å². The molecule has 0 bridgehead atoms. The fourth-order valence-corrected chi connectivity index (χ4v) is 2.91. The summed E-state index contributed by atoms with van der Waals surface area (Å²) in [5.74, 6) is 0.841. The molecule has 0 aromatic carbocycles. The molecule has 0 radical (unpaired) electrons. The largest absolute Gasteiger partial charge is 0.320 e. The normalized spacial score (nSPS) is 23.1. The van der Waals surface area contributed by atoms with Crippen molar-refractivity contribution in [3.63, 3.8) is 0 Å². The first-order chi connectivity index (χ1) is 9.38. The SMILES string of the molecule is CCNCCCNC1CCCC1CNCCCNC. The molecule has 0 aliphatic heterocycles. The smallest absolute Gasteiger partial charge is 0.0107 e. The Bertz CT molecular complexity index is 179. The molecule has 1 aliphatic carbocycles. The highest BCUT2D eigenvalue weighted by Gasteiger charge is 2.25. The minimum Gasteiger partial charge on any atom is -0.320 e. The molecule has 0 heterocycles. The molecule has 4 heteroatoms. The number of hydrogen-bond acceptors (Lipinski definition) is 4. The molecule has 0 aromatic heterocycles. The van der Waals surface area contributed by atoms with Gasteiger partial charge in [0.1, 0.15) is 0 Å². The fourth-order valence-electron chi connectivity index (χ4n) is 2.91. The maximum atomic E-state index is 3.75. The van der Waals surface area contributed by atoms with Gasteiger partial charge in [0, 0.05) is 6.04 Å². The van der Waals surface area contributed by atoms with Gasteiger partial charge in [-0.2, -0.15) is 0 Å². The van der Waals surface area contributed by atoms with Crippen molar-refractivity contribution in [2.24, 2.45) is 5.92 Å². The van der Waals surface area contributed by atoms with Crippen LogP contribution in [0.15, 0.2) is 0 Å². The summed E-state index contributed by atoms with van der Waals surface area (Å²) in [6.07, 6.45) is 6.62. The van der Waals surface area contributed by atoms with Gasteiger partial charge in [-0.3, -0.25) is 0 Å². The van der Waals surface area contributed by atoms with Gasteiger partial charge >= 0.3 is 0 Å². The predicted octanol–water partition coefficient (Wildman–Crippen LogP) is 0.943. The van der Waals surface area contributed by atoms with E-state index in [0.29, 0.717) is 0 Å². The minimum absolute atomic E-state index is 0.749. The maximum Gasteiger partial charge on any atom is 0.0107 e. The number of nitrogens with one attached hydrogen (secondary N) is 4. The van der Waals surface area contributed by atoms with E-state index in [1.54, 1.807) is 0 Å². The molecule has 0 spiro atoms. The van der Waals surface area contributed by atoms with Crippen molar-refractivity contribution in [3.8, 4) is 0 Å². The Morgan fingerprint density at radius 1 is 0.947 bits per heavy atom. The Hall–Kier alpha value is -0.160. The third-order valence-electron chi connectivity index (χ3n) is 4.03. The molecule has 114 valence electrons. The summed E-state index contributed by atoms with van der Waals surface area (Å²) in [7, 11) is 2.02. The molecule has 19 heavy (non-hydrogen) atoms. The zero-order chi connectivity index (χ0) is 13.8. The third-order valence-corrected chi connectivity index (χ3v) is 4.03. The van der Waals surface area contributed by atoms with Crippen LogP contribution in [0.3, 0.4) is 0 Å². The molecule has 1 rings (SSSR count). The van der Waals surface area contributed by atoms with Gasteiger partial charge in [-0.1, -0.05) is 13.3 Å². The lowest BCUT2D eigenvalue weighted by atomic mass is 10.0. The van der Waals surface area contributed by atoms with Gasteiger partial charge in [-0.05, 0) is 77.9 Å². The van der Waals surface area contributed by atoms with Crippen LogP contribution in [0.1, 0.15) is 39.0 Å². The average molecular weight is 270 g/mol. The van der Waals surface area contributed by atoms with E-state index in [9.17, 15) is 0 Å². The molecule has 4 N–H and O–H groups in total. The van der Waals surface area contributed by atoms with Crippen molar-refractivity contribution in [3.05, 3.63) is 0 Å². The van der Waals surface area contributed by atoms with Crippen molar-refractivity contribution in [2.45, 2.75) is 45.1 Å². The number of hydrogen-bond donors (Lipinski definition) is 4. The molecule has 0 saturated heterocycles. The third kappa shape index (κ3) is 7.88. The second-order valence-electron chi connectivity index (χ2n) is 5.62. The molecule has 0 aromatic rings. The molecular weight excluding hydrogens is 236 g/mol. The summed E-state index contributed by atoms with van der Waals surface area (Å²) in [4.78, 5) is 0. The lowest BCUT2D eigenvalue weighted by molar-refractivity contribution is 0.377. The van der Waals surface area contributed by atoms with Crippen molar-refractivity contribution >= 4 is 0 Å². The van der Waals surface area contributed by atoms with Crippen molar-refractivity contribution in [1.29, 1.82) is 0 Å². The van der Waals surface area contributed by atoms with Gasteiger partial charge in [0.05, 0.1) is 0 Å². The van der Waals surface area contributed by atoms with Crippen molar-refractivity contribution in [1.82, 2.24) is 21.3 Å². The van der Waals surface area contributed by atoms with Gasteiger partial charge in [0.25, 0.3) is 0 Å². The highest BCUT2D eigenvalue weighted by molar-refractivity contribution is 4.84. The van der Waals surface area contributed by atoms with E-state index >= 15 is 0 Å². The molecular formula is C15H34N4. The Kier molecular flexibility index (Phi) is 10.4. The Morgan fingerprint density at radius 2 is 1.74 bits per heavy atom. The second-order valence-corrected chi connectivity index (χ2v) is 5.62. The summed E-state index contributed by atoms with van der Waals surface area (Å²) in [5, 5.41) is 13.9. The van der Waals surface area contributed by atoms with Gasteiger partial charge in [-0.25, -0.2) is 0 Å². The van der Waals surface area contributed by atoms with E-state index in [0.717, 1.165) is 44.7 Å². The van der Waals surface area contributed by atoms with Crippen molar-refractivity contribution in [2.75, 3.05) is 46.3 Å². The monoisotopic (exact) mass is 270 g/mol. The van der Waals surface area contributed by atoms with Crippen LogP contribution in [0.2, 0.25) is 0 Å². The quantitative estimate of drug-likeness (QED) is 0.399. The summed E-state index contributed by atoms with van der Waals surface area (Å²) < 4.78 is 0. The van der Waals surface area contributed by atoms with E-state index in [1.165, 1.54) is 38.6 Å². The average Bonchev–Trinajstić information content (AvgIpc) is 2.86. The Labute approximate surface area is 119 Å². The topological polar surface area (TPSA) is 48.1 Å². The predicted molar refractivity (Wildman–Crippen MR) is 83.7 cm³/mol. The highest BCUT2D eigenvalue weighted by Crippen LogP contribution is 2.24. The van der Waals surface area contributed by atoms with Crippen LogP contribution in [0.4, 0.5) is 0 Å². The lowest BCUT2D eigenvalue weighted by Crippen LogP contribution is -2.39. The molecule has 1 saturated carbocycles. The summed E-state index contributed by atoms with van der Waals surface area (Å²) in [5.41, 5.74) is 0. The summed E-state index contributed by atoms with van der Waals surface area (Å²) in [6.45, 7) is 9.00. The first-order valence-corrected chi connectivity index (χ1v) is 8.18. The van der Waals surface area contributed by atoms with E-state index in [4.69, 9.17) is 0 Å². The van der Waals surface area contributed by atoms with Crippen LogP contribution >= 0.6 is 0 Å². The first kappa shape index (κ1) is 16.9. The first-order valence-electron chi connectivity index (χ1n) is 8.18. The Morgan fingerprint density at radius 3 is 2.53 bits per heavy atom. The second kappa shape index (κ2) is 11.6. The van der Waals surface area contributed by atoms with Gasteiger partial charge in [0.2, 0.25) is 0 Å².